The molecule has 2 heterocycles. The number of aliphatic imine (C=N–C) groups is 1. The van der Waals surface area contributed by atoms with Crippen LogP contribution in [0.15, 0.2) is 22.5 Å². The van der Waals surface area contributed by atoms with Gasteiger partial charge in [-0.05, 0) is 72.9 Å². The zero-order chi connectivity index (χ0) is 20.3. The van der Waals surface area contributed by atoms with Crippen molar-refractivity contribution < 1.29 is 14.7 Å². The minimum Gasteiger partial charge on any atom is -0.493 e. The van der Waals surface area contributed by atoms with E-state index in [0.717, 1.165) is 39.6 Å². The predicted octanol–water partition coefficient (Wildman–Crippen LogP) is 4.61. The summed E-state index contributed by atoms with van der Waals surface area (Å²) in [5, 5.41) is 11.2. The summed E-state index contributed by atoms with van der Waals surface area (Å²) in [4.78, 5) is 11.7. The largest absolute Gasteiger partial charge is 0.493 e. The molecule has 0 radical (unpaired) electrons. The van der Waals surface area contributed by atoms with Gasteiger partial charge in [0.25, 0.3) is 0 Å². The molecule has 0 bridgehead atoms. The zero-order valence-corrected chi connectivity index (χ0v) is 18.2. The molecule has 3 rings (SSSR count). The van der Waals surface area contributed by atoms with E-state index in [-0.39, 0.29) is 12.8 Å². The van der Waals surface area contributed by atoms with Crippen molar-refractivity contribution in [3.05, 3.63) is 50.2 Å². The minimum absolute atomic E-state index is 0.136. The van der Waals surface area contributed by atoms with Crippen LogP contribution in [0.5, 0.6) is 5.75 Å². The van der Waals surface area contributed by atoms with E-state index in [4.69, 9.17) is 19.7 Å². The molecule has 0 aliphatic carbocycles. The zero-order valence-electron chi connectivity index (χ0n) is 17.3. The lowest BCUT2D eigenvalue weighted by atomic mass is 10.0. The Labute approximate surface area is 171 Å². The van der Waals surface area contributed by atoms with E-state index in [1.54, 1.807) is 11.3 Å². The molecule has 6 heteroatoms. The average Bonchev–Trinajstić information content (AvgIpc) is 3.24. The van der Waals surface area contributed by atoms with Crippen molar-refractivity contribution in [2.75, 3.05) is 13.2 Å². The summed E-state index contributed by atoms with van der Waals surface area (Å²) in [5.74, 6) is 2.25. The number of aliphatic hydroxyl groups excluding tert-OH is 1. The van der Waals surface area contributed by atoms with Crippen molar-refractivity contribution in [3.63, 3.8) is 0 Å². The first kappa shape index (κ1) is 20.8. The molecule has 1 atom stereocenters. The number of benzene rings is 1. The number of thiophene rings is 1. The fourth-order valence-electron chi connectivity index (χ4n) is 3.43. The Hall–Kier alpha value is -1.89. The Balaban J connectivity index is 1.79. The van der Waals surface area contributed by atoms with Crippen molar-refractivity contribution in [1.29, 1.82) is 0 Å². The maximum atomic E-state index is 8.94. The molecular weight excluding hydrogens is 372 g/mol. The van der Waals surface area contributed by atoms with Gasteiger partial charge in [-0.15, -0.1) is 11.3 Å². The van der Waals surface area contributed by atoms with Crippen molar-refractivity contribution in [1.82, 2.24) is 5.48 Å². The quantitative estimate of drug-likeness (QED) is 0.633. The molecule has 0 fully saturated rings. The number of aliphatic hydroxyl groups is 1. The number of ether oxygens (including phenoxy) is 1. The van der Waals surface area contributed by atoms with Crippen LogP contribution < -0.4 is 10.2 Å². The van der Waals surface area contributed by atoms with Crippen LogP contribution in [-0.2, 0) is 11.3 Å². The van der Waals surface area contributed by atoms with Crippen molar-refractivity contribution >= 4 is 17.2 Å². The van der Waals surface area contributed by atoms with Gasteiger partial charge >= 0.3 is 0 Å². The van der Waals surface area contributed by atoms with E-state index in [1.807, 2.05) is 13.8 Å². The first-order chi connectivity index (χ1) is 13.4. The van der Waals surface area contributed by atoms with Crippen LogP contribution in [-0.4, -0.2) is 24.2 Å². The van der Waals surface area contributed by atoms with Crippen LogP contribution in [0.3, 0.4) is 0 Å². The summed E-state index contributed by atoms with van der Waals surface area (Å²) in [6.45, 7) is 11.3. The number of nitrogens with zero attached hydrogens (tertiary/aromatic N) is 1. The van der Waals surface area contributed by atoms with Gasteiger partial charge in [0.2, 0.25) is 6.23 Å². The van der Waals surface area contributed by atoms with Gasteiger partial charge in [0.1, 0.15) is 5.75 Å². The highest BCUT2D eigenvalue weighted by molar-refractivity contribution is 7.10. The molecule has 28 heavy (non-hydrogen) atoms. The molecule has 152 valence electrons. The number of aryl methyl sites for hydroxylation is 2. The molecular formula is C22H30N2O3S. The third-order valence-electron chi connectivity index (χ3n) is 4.83. The second-order valence-electron chi connectivity index (χ2n) is 7.76. The standard InChI is InChI=1S/C22H30N2O3S/c1-13(2)9-18-12-28-20(16(18)5)22-23-21(24-27-22)17-10-14(3)19(15(4)11-17)26-8-6-7-25/h10-13,22,25H,6-9H2,1-5H3,(H,23,24). The van der Waals surface area contributed by atoms with Gasteiger partial charge in [0.15, 0.2) is 5.84 Å². The number of hydroxylamine groups is 1. The molecule has 0 spiro atoms. The molecule has 1 aliphatic heterocycles. The van der Waals surface area contributed by atoms with Gasteiger partial charge in [-0.2, -0.15) is 0 Å². The summed E-state index contributed by atoms with van der Waals surface area (Å²) in [7, 11) is 0. The van der Waals surface area contributed by atoms with Gasteiger partial charge in [-0.3, -0.25) is 0 Å². The molecule has 2 aromatic rings. The number of hydrogen-bond donors (Lipinski definition) is 2. The lowest BCUT2D eigenvalue weighted by Crippen LogP contribution is -2.18. The summed E-state index contributed by atoms with van der Waals surface area (Å²) < 4.78 is 5.82. The lowest BCUT2D eigenvalue weighted by Gasteiger charge is -2.13. The fraction of sp³-hybridized carbons (Fsp3) is 0.500. The third kappa shape index (κ3) is 4.57. The van der Waals surface area contributed by atoms with Gasteiger partial charge in [0.05, 0.1) is 11.5 Å². The number of nitrogens with one attached hydrogen (secondary N) is 1. The Morgan fingerprint density at radius 2 is 1.96 bits per heavy atom. The number of rotatable bonds is 8. The summed E-state index contributed by atoms with van der Waals surface area (Å²) in [6.07, 6.45) is 1.40. The second-order valence-corrected chi connectivity index (χ2v) is 8.67. The molecule has 1 aromatic heterocycles. The van der Waals surface area contributed by atoms with E-state index in [2.05, 4.69) is 43.8 Å². The second kappa shape index (κ2) is 9.07. The Morgan fingerprint density at radius 3 is 2.61 bits per heavy atom. The van der Waals surface area contributed by atoms with Gasteiger partial charge in [-0.1, -0.05) is 13.8 Å². The van der Waals surface area contributed by atoms with E-state index >= 15 is 0 Å². The molecule has 0 saturated carbocycles. The molecule has 1 aliphatic rings. The van der Waals surface area contributed by atoms with E-state index < -0.39 is 0 Å². The summed E-state index contributed by atoms with van der Waals surface area (Å²) in [5.41, 5.74) is 8.77. The van der Waals surface area contributed by atoms with Gasteiger partial charge in [0, 0.05) is 18.6 Å². The molecule has 0 amide bonds. The molecule has 5 nitrogen and oxygen atoms in total. The highest BCUT2D eigenvalue weighted by atomic mass is 32.1. The first-order valence-corrected chi connectivity index (χ1v) is 10.7. The molecule has 1 unspecified atom stereocenters. The van der Waals surface area contributed by atoms with E-state index in [1.165, 1.54) is 11.1 Å². The Morgan fingerprint density at radius 1 is 1.25 bits per heavy atom. The van der Waals surface area contributed by atoms with Crippen molar-refractivity contribution in [2.24, 2.45) is 10.9 Å². The average molecular weight is 403 g/mol. The van der Waals surface area contributed by atoms with Crippen molar-refractivity contribution in [3.8, 4) is 5.75 Å². The maximum absolute atomic E-state index is 8.94. The van der Waals surface area contributed by atoms with E-state index in [0.29, 0.717) is 18.9 Å². The summed E-state index contributed by atoms with van der Waals surface area (Å²) >= 11 is 1.72. The SMILES string of the molecule is Cc1cc(C2=NC(c3scc(CC(C)C)c3C)ON2)cc(C)c1OCCCO. The Bertz CT molecular complexity index is 834. The smallest absolute Gasteiger partial charge is 0.212 e. The Kier molecular flexibility index (Phi) is 6.75. The van der Waals surface area contributed by atoms with E-state index in [9.17, 15) is 0 Å². The monoisotopic (exact) mass is 402 g/mol. The normalized spacial score (nSPS) is 16.4. The molecule has 2 N–H and O–H groups in total. The van der Waals surface area contributed by atoms with Crippen LogP contribution >= 0.6 is 11.3 Å². The van der Waals surface area contributed by atoms with Gasteiger partial charge in [-0.25, -0.2) is 15.3 Å². The minimum atomic E-state index is -0.304. The maximum Gasteiger partial charge on any atom is 0.212 e. The van der Waals surface area contributed by atoms with Crippen molar-refractivity contribution in [2.45, 2.75) is 53.7 Å². The van der Waals surface area contributed by atoms with Crippen LogP contribution in [0.2, 0.25) is 0 Å². The predicted molar refractivity (Wildman–Crippen MR) is 114 cm³/mol. The van der Waals surface area contributed by atoms with Crippen LogP contribution in [0.25, 0.3) is 0 Å². The number of hydrogen-bond acceptors (Lipinski definition) is 6. The topological polar surface area (TPSA) is 63.1 Å². The number of amidine groups is 1. The fourth-order valence-corrected chi connectivity index (χ4v) is 4.50. The highest BCUT2D eigenvalue weighted by Gasteiger charge is 2.25. The van der Waals surface area contributed by atoms with Crippen LogP contribution in [0.4, 0.5) is 0 Å². The highest BCUT2D eigenvalue weighted by Crippen LogP contribution is 2.34. The summed E-state index contributed by atoms with van der Waals surface area (Å²) in [6, 6.07) is 4.12. The van der Waals surface area contributed by atoms with Crippen LogP contribution in [0, 0.1) is 26.7 Å². The van der Waals surface area contributed by atoms with Crippen LogP contribution in [0.1, 0.15) is 59.2 Å². The molecule has 1 aromatic carbocycles. The lowest BCUT2D eigenvalue weighted by molar-refractivity contribution is 0.0395. The molecule has 0 saturated heterocycles. The third-order valence-corrected chi connectivity index (χ3v) is 5.99. The van der Waals surface area contributed by atoms with Gasteiger partial charge < -0.3 is 9.84 Å². The first-order valence-electron chi connectivity index (χ1n) is 9.82.